The second-order valence-electron chi connectivity index (χ2n) is 5.32. The molecular formula is C14H28N2O5. The summed E-state index contributed by atoms with van der Waals surface area (Å²) in [5.74, 6) is 0.0409. The molecule has 0 spiro atoms. The summed E-state index contributed by atoms with van der Waals surface area (Å²) in [7, 11) is 1.61. The van der Waals surface area contributed by atoms with E-state index in [1.54, 1.807) is 18.9 Å². The van der Waals surface area contributed by atoms with E-state index in [1.807, 2.05) is 6.92 Å². The van der Waals surface area contributed by atoms with Crippen molar-refractivity contribution in [2.24, 2.45) is 0 Å². The fraction of sp³-hybridized carbons (Fsp3) is 0.929. The van der Waals surface area contributed by atoms with Crippen LogP contribution >= 0.6 is 0 Å². The Balaban J connectivity index is 2.18. The van der Waals surface area contributed by atoms with Gasteiger partial charge in [0.25, 0.3) is 0 Å². The van der Waals surface area contributed by atoms with Gasteiger partial charge < -0.3 is 29.5 Å². The zero-order valence-electron chi connectivity index (χ0n) is 13.2. The maximum atomic E-state index is 12.1. The molecule has 0 bridgehead atoms. The maximum absolute atomic E-state index is 12.1. The molecular weight excluding hydrogens is 276 g/mol. The van der Waals surface area contributed by atoms with Crippen molar-refractivity contribution in [3.63, 3.8) is 0 Å². The van der Waals surface area contributed by atoms with E-state index in [0.717, 1.165) is 0 Å². The molecule has 1 heterocycles. The van der Waals surface area contributed by atoms with Crippen LogP contribution in [0, 0.1) is 0 Å². The summed E-state index contributed by atoms with van der Waals surface area (Å²) < 4.78 is 15.6. The monoisotopic (exact) mass is 304 g/mol. The van der Waals surface area contributed by atoms with Crippen LogP contribution in [-0.2, 0) is 19.0 Å². The summed E-state index contributed by atoms with van der Waals surface area (Å²) in [4.78, 5) is 13.9. The Hall–Kier alpha value is -0.730. The zero-order chi connectivity index (χ0) is 15.7. The summed E-state index contributed by atoms with van der Waals surface area (Å²) in [5, 5.41) is 12.9. The second kappa shape index (κ2) is 10.1. The summed E-state index contributed by atoms with van der Waals surface area (Å²) in [5.41, 5.74) is 0. The number of amides is 1. The van der Waals surface area contributed by atoms with Crippen LogP contribution in [0.3, 0.4) is 0 Å². The third kappa shape index (κ3) is 7.19. The van der Waals surface area contributed by atoms with Crippen LogP contribution in [0.4, 0.5) is 0 Å². The number of ether oxygens (including phenoxy) is 3. The van der Waals surface area contributed by atoms with Crippen LogP contribution in [0.5, 0.6) is 0 Å². The summed E-state index contributed by atoms with van der Waals surface area (Å²) >= 11 is 0. The van der Waals surface area contributed by atoms with E-state index in [1.165, 1.54) is 0 Å². The SMILES string of the molecule is COCC(C)OCC(O)CNC(C)C(=O)N1CCOCC1. The molecule has 7 nitrogen and oxygen atoms in total. The van der Waals surface area contributed by atoms with Gasteiger partial charge in [0.1, 0.15) is 0 Å². The van der Waals surface area contributed by atoms with Crippen molar-refractivity contribution >= 4 is 5.91 Å². The van der Waals surface area contributed by atoms with Gasteiger partial charge in [0.2, 0.25) is 5.91 Å². The van der Waals surface area contributed by atoms with Gasteiger partial charge in [-0.25, -0.2) is 0 Å². The quantitative estimate of drug-likeness (QED) is 0.583. The van der Waals surface area contributed by atoms with E-state index >= 15 is 0 Å². The predicted octanol–water partition coefficient (Wildman–Crippen LogP) is -0.764. The van der Waals surface area contributed by atoms with Crippen LogP contribution < -0.4 is 5.32 Å². The third-order valence-electron chi connectivity index (χ3n) is 3.33. The van der Waals surface area contributed by atoms with Crippen molar-refractivity contribution < 1.29 is 24.1 Å². The van der Waals surface area contributed by atoms with Gasteiger partial charge in [-0.15, -0.1) is 0 Å². The Morgan fingerprint density at radius 2 is 2.00 bits per heavy atom. The number of carbonyl (C=O) groups is 1. The van der Waals surface area contributed by atoms with Gasteiger partial charge in [-0.1, -0.05) is 0 Å². The molecule has 0 aromatic heterocycles. The average Bonchev–Trinajstić information content (AvgIpc) is 2.51. The average molecular weight is 304 g/mol. The lowest BCUT2D eigenvalue weighted by Crippen LogP contribution is -2.50. The summed E-state index contributed by atoms with van der Waals surface area (Å²) in [6, 6.07) is -0.325. The number of hydrogen-bond acceptors (Lipinski definition) is 6. The van der Waals surface area contributed by atoms with Crippen molar-refractivity contribution in [1.82, 2.24) is 10.2 Å². The molecule has 0 aliphatic carbocycles. The molecule has 0 aromatic carbocycles. The highest BCUT2D eigenvalue weighted by Gasteiger charge is 2.22. The van der Waals surface area contributed by atoms with Gasteiger partial charge in [0.05, 0.1) is 44.7 Å². The van der Waals surface area contributed by atoms with E-state index in [-0.39, 0.29) is 24.7 Å². The predicted molar refractivity (Wildman–Crippen MR) is 78.2 cm³/mol. The molecule has 1 amide bonds. The third-order valence-corrected chi connectivity index (χ3v) is 3.33. The first-order chi connectivity index (χ1) is 10.0. The molecule has 1 aliphatic rings. The first-order valence-electron chi connectivity index (χ1n) is 7.43. The van der Waals surface area contributed by atoms with Crippen molar-refractivity contribution in [1.29, 1.82) is 0 Å². The van der Waals surface area contributed by atoms with E-state index < -0.39 is 6.10 Å². The normalized spacial score (nSPS) is 20.1. The first kappa shape index (κ1) is 18.3. The molecule has 7 heteroatoms. The number of nitrogens with one attached hydrogen (secondary N) is 1. The number of nitrogens with zero attached hydrogens (tertiary/aromatic N) is 1. The highest BCUT2D eigenvalue weighted by atomic mass is 16.5. The smallest absolute Gasteiger partial charge is 0.239 e. The molecule has 0 saturated carbocycles. The molecule has 3 atom stereocenters. The highest BCUT2D eigenvalue weighted by molar-refractivity contribution is 5.81. The van der Waals surface area contributed by atoms with Gasteiger partial charge in [-0.3, -0.25) is 4.79 Å². The Labute approximate surface area is 126 Å². The lowest BCUT2D eigenvalue weighted by molar-refractivity contribution is -0.137. The molecule has 21 heavy (non-hydrogen) atoms. The van der Waals surface area contributed by atoms with Gasteiger partial charge >= 0.3 is 0 Å². The lowest BCUT2D eigenvalue weighted by atomic mass is 10.2. The van der Waals surface area contributed by atoms with E-state index in [0.29, 0.717) is 39.5 Å². The van der Waals surface area contributed by atoms with E-state index in [9.17, 15) is 9.90 Å². The highest BCUT2D eigenvalue weighted by Crippen LogP contribution is 2.01. The van der Waals surface area contributed by atoms with Gasteiger partial charge in [-0.2, -0.15) is 0 Å². The first-order valence-corrected chi connectivity index (χ1v) is 7.43. The van der Waals surface area contributed by atoms with Crippen LogP contribution in [-0.4, -0.2) is 87.3 Å². The van der Waals surface area contributed by atoms with Crippen molar-refractivity contribution in [2.75, 3.05) is 53.2 Å². The number of aliphatic hydroxyl groups is 1. The Morgan fingerprint density at radius 1 is 1.33 bits per heavy atom. The second-order valence-corrected chi connectivity index (χ2v) is 5.32. The minimum absolute atomic E-state index is 0.0409. The standard InChI is InChI=1S/C14H28N2O5/c1-11(9-19-3)21-10-13(17)8-15-12(2)14(18)16-4-6-20-7-5-16/h11-13,15,17H,4-10H2,1-3H3. The summed E-state index contributed by atoms with van der Waals surface area (Å²) in [6.07, 6.45) is -0.707. The van der Waals surface area contributed by atoms with Gasteiger partial charge in [-0.05, 0) is 13.8 Å². The molecule has 124 valence electrons. The van der Waals surface area contributed by atoms with E-state index in [4.69, 9.17) is 14.2 Å². The van der Waals surface area contributed by atoms with Crippen molar-refractivity contribution in [3.05, 3.63) is 0 Å². The minimum atomic E-state index is -0.649. The number of rotatable bonds is 9. The molecule has 2 N–H and O–H groups in total. The topological polar surface area (TPSA) is 80.3 Å². The molecule has 3 unspecified atom stereocenters. The molecule has 1 rings (SSSR count). The van der Waals surface area contributed by atoms with Crippen LogP contribution in [0.1, 0.15) is 13.8 Å². The number of hydrogen-bond donors (Lipinski definition) is 2. The lowest BCUT2D eigenvalue weighted by Gasteiger charge is -2.29. The van der Waals surface area contributed by atoms with Crippen LogP contribution in [0.25, 0.3) is 0 Å². The molecule has 1 saturated heterocycles. The molecule has 0 aromatic rings. The summed E-state index contributed by atoms with van der Waals surface area (Å²) in [6.45, 7) is 7.15. The van der Waals surface area contributed by atoms with Gasteiger partial charge in [0, 0.05) is 26.7 Å². The van der Waals surface area contributed by atoms with E-state index in [2.05, 4.69) is 5.32 Å². The number of morpholine rings is 1. The molecule has 0 radical (unpaired) electrons. The Bertz CT molecular complexity index is 297. The minimum Gasteiger partial charge on any atom is -0.389 e. The van der Waals surface area contributed by atoms with Gasteiger partial charge in [0.15, 0.2) is 0 Å². The zero-order valence-corrected chi connectivity index (χ0v) is 13.2. The maximum Gasteiger partial charge on any atom is 0.239 e. The number of aliphatic hydroxyl groups excluding tert-OH is 1. The largest absolute Gasteiger partial charge is 0.389 e. The Kier molecular flexibility index (Phi) is 8.79. The fourth-order valence-electron chi connectivity index (χ4n) is 2.07. The Morgan fingerprint density at radius 3 is 2.62 bits per heavy atom. The van der Waals surface area contributed by atoms with Crippen molar-refractivity contribution in [3.8, 4) is 0 Å². The molecule has 1 aliphatic heterocycles. The van der Waals surface area contributed by atoms with Crippen molar-refractivity contribution in [2.45, 2.75) is 32.1 Å². The van der Waals surface area contributed by atoms with Crippen LogP contribution in [0.15, 0.2) is 0 Å². The number of methoxy groups -OCH3 is 1. The fourth-order valence-corrected chi connectivity index (χ4v) is 2.07. The molecule has 1 fully saturated rings. The van der Waals surface area contributed by atoms with Crippen LogP contribution in [0.2, 0.25) is 0 Å². The number of carbonyl (C=O) groups excluding carboxylic acids is 1.